The molecule has 2 aliphatic rings. The summed E-state index contributed by atoms with van der Waals surface area (Å²) in [6, 6.07) is 14.9. The van der Waals surface area contributed by atoms with E-state index < -0.39 is 12.6 Å². The standard InChI is InChI=1S/C35H38F2N6O5/c1-4-6-28(43(20-29-11-14-46-29)30-17-27(34(44)45)15-23(2)24(30)3)19-42-13-12-41(22-39-42)32-7-5-8-33(40-32)47-21-26-10-9-25(18-38)16-31(26)48-35(36)37/h5-10,15-17,22,29,35H,4,11-14,19-21H2,1-3H3,(H,44,45)/b28-6+. The van der Waals surface area contributed by atoms with Crippen LogP contribution in [0.3, 0.4) is 0 Å². The molecule has 3 heterocycles. The third-order valence-electron chi connectivity index (χ3n) is 8.23. The Labute approximate surface area is 278 Å². The lowest BCUT2D eigenvalue weighted by atomic mass is 10.0. The Hall–Kier alpha value is -5.22. The number of allylic oxidation sites excluding steroid dienone is 1. The molecule has 0 radical (unpaired) electrons. The summed E-state index contributed by atoms with van der Waals surface area (Å²) in [4.78, 5) is 20.6. The van der Waals surface area contributed by atoms with Crippen LogP contribution in [0.4, 0.5) is 20.3 Å². The molecule has 13 heteroatoms. The van der Waals surface area contributed by atoms with Crippen molar-refractivity contribution in [3.8, 4) is 17.7 Å². The van der Waals surface area contributed by atoms with E-state index in [0.717, 1.165) is 35.4 Å². The van der Waals surface area contributed by atoms with Crippen LogP contribution in [0.1, 0.15) is 52.4 Å². The van der Waals surface area contributed by atoms with E-state index in [2.05, 4.69) is 27.6 Å². The molecule has 2 aliphatic heterocycles. The first-order valence-electron chi connectivity index (χ1n) is 15.7. The number of alkyl halides is 2. The number of ether oxygens (including phenoxy) is 3. The first-order valence-corrected chi connectivity index (χ1v) is 15.7. The molecule has 1 fully saturated rings. The van der Waals surface area contributed by atoms with Crippen LogP contribution >= 0.6 is 0 Å². The topological polar surface area (TPSA) is 124 Å². The van der Waals surface area contributed by atoms with Crippen molar-refractivity contribution < 1.29 is 32.9 Å². The number of benzene rings is 2. The number of aromatic carboxylic acids is 1. The van der Waals surface area contributed by atoms with Gasteiger partial charge in [0.2, 0.25) is 5.88 Å². The third kappa shape index (κ3) is 8.38. The van der Waals surface area contributed by atoms with Crippen molar-refractivity contribution in [3.05, 3.63) is 88.1 Å². The molecule has 0 amide bonds. The highest BCUT2D eigenvalue weighted by molar-refractivity contribution is 5.90. The van der Waals surface area contributed by atoms with Crippen molar-refractivity contribution in [2.24, 2.45) is 5.10 Å². The monoisotopic (exact) mass is 660 g/mol. The van der Waals surface area contributed by atoms with E-state index in [0.29, 0.717) is 44.2 Å². The van der Waals surface area contributed by atoms with E-state index in [1.165, 1.54) is 18.2 Å². The highest BCUT2D eigenvalue weighted by Crippen LogP contribution is 2.31. The van der Waals surface area contributed by atoms with Crippen LogP contribution in [0.15, 0.2) is 65.4 Å². The highest BCUT2D eigenvalue weighted by atomic mass is 19.3. The summed E-state index contributed by atoms with van der Waals surface area (Å²) in [7, 11) is 0. The Morgan fingerprint density at radius 2 is 2.04 bits per heavy atom. The predicted molar refractivity (Wildman–Crippen MR) is 177 cm³/mol. The first-order chi connectivity index (χ1) is 23.1. The summed E-state index contributed by atoms with van der Waals surface area (Å²) in [5.74, 6) is -0.209. The lowest BCUT2D eigenvalue weighted by Gasteiger charge is -2.38. The van der Waals surface area contributed by atoms with Crippen molar-refractivity contribution in [1.82, 2.24) is 9.99 Å². The molecule has 1 aromatic heterocycles. The number of carbonyl (C=O) groups is 1. The quantitative estimate of drug-likeness (QED) is 0.217. The lowest BCUT2D eigenvalue weighted by Crippen LogP contribution is -2.44. The Morgan fingerprint density at radius 3 is 2.69 bits per heavy atom. The van der Waals surface area contributed by atoms with Gasteiger partial charge in [-0.15, -0.1) is 0 Å². The number of anilines is 2. The van der Waals surface area contributed by atoms with Crippen LogP contribution in [-0.4, -0.2) is 72.9 Å². The summed E-state index contributed by atoms with van der Waals surface area (Å²) < 4.78 is 42.1. The van der Waals surface area contributed by atoms with Gasteiger partial charge >= 0.3 is 12.6 Å². The fourth-order valence-electron chi connectivity index (χ4n) is 5.44. The second-order valence-corrected chi connectivity index (χ2v) is 11.5. The van der Waals surface area contributed by atoms with Crippen molar-refractivity contribution in [2.75, 3.05) is 42.6 Å². The van der Waals surface area contributed by atoms with Crippen molar-refractivity contribution >= 4 is 23.8 Å². The smallest absolute Gasteiger partial charge is 0.387 e. The van der Waals surface area contributed by atoms with Gasteiger partial charge in [0.15, 0.2) is 0 Å². The van der Waals surface area contributed by atoms with Gasteiger partial charge in [-0.25, -0.2) is 4.79 Å². The number of carboxylic acids is 1. The van der Waals surface area contributed by atoms with E-state index in [9.17, 15) is 18.7 Å². The van der Waals surface area contributed by atoms with Crippen molar-refractivity contribution in [2.45, 2.75) is 52.9 Å². The molecule has 0 aliphatic carbocycles. The van der Waals surface area contributed by atoms with Crippen LogP contribution in [0.2, 0.25) is 0 Å². The van der Waals surface area contributed by atoms with Gasteiger partial charge in [-0.05, 0) is 68.1 Å². The molecule has 0 saturated carbocycles. The molecule has 1 saturated heterocycles. The zero-order valence-electron chi connectivity index (χ0n) is 27.1. The van der Waals surface area contributed by atoms with E-state index >= 15 is 0 Å². The maximum Gasteiger partial charge on any atom is 0.387 e. The van der Waals surface area contributed by atoms with Gasteiger partial charge in [0.25, 0.3) is 0 Å². The number of rotatable bonds is 14. The summed E-state index contributed by atoms with van der Waals surface area (Å²) in [5.41, 5.74) is 4.57. The second-order valence-electron chi connectivity index (χ2n) is 11.5. The molecule has 2 aromatic carbocycles. The number of hydrogen-bond acceptors (Lipinski definition) is 10. The molecule has 3 aromatic rings. The summed E-state index contributed by atoms with van der Waals surface area (Å²) in [6.07, 6.45) is 5.63. The molecule has 1 atom stereocenters. The van der Waals surface area contributed by atoms with Crippen LogP contribution in [0, 0.1) is 25.2 Å². The van der Waals surface area contributed by atoms with Gasteiger partial charge in [-0.3, -0.25) is 5.01 Å². The number of nitrogens with zero attached hydrogens (tertiary/aromatic N) is 6. The van der Waals surface area contributed by atoms with Crippen molar-refractivity contribution in [1.29, 1.82) is 5.26 Å². The summed E-state index contributed by atoms with van der Waals surface area (Å²) >= 11 is 0. The fraction of sp³-hybridized carbons (Fsp3) is 0.371. The van der Waals surface area contributed by atoms with Crippen LogP contribution in [-0.2, 0) is 11.3 Å². The molecule has 5 rings (SSSR count). The number of aryl methyl sites for hydroxylation is 1. The van der Waals surface area contributed by atoms with Gasteiger partial charge in [0, 0.05) is 42.7 Å². The fourth-order valence-corrected chi connectivity index (χ4v) is 5.44. The maximum absolute atomic E-state index is 12.9. The van der Waals surface area contributed by atoms with Crippen LogP contribution in [0.25, 0.3) is 0 Å². The SMILES string of the molecule is CC/C=C(\CN1CCN(c2cccc(OCc3ccc(C#N)cc3OC(F)F)n2)C=N1)N(CC1CCO1)c1cc(C(=O)O)cc(C)c1C. The van der Waals surface area contributed by atoms with Gasteiger partial charge in [0.05, 0.1) is 36.4 Å². The van der Waals surface area contributed by atoms with Crippen molar-refractivity contribution in [3.63, 3.8) is 0 Å². The third-order valence-corrected chi connectivity index (χ3v) is 8.23. The number of pyridine rings is 1. The molecular formula is C35H38F2N6O5. The van der Waals surface area contributed by atoms with E-state index in [-0.39, 0.29) is 35.5 Å². The normalized spacial score (nSPS) is 16.0. The minimum absolute atomic E-state index is 0.0553. The molecule has 1 unspecified atom stereocenters. The summed E-state index contributed by atoms with van der Waals surface area (Å²) in [5, 5.41) is 25.6. The molecule has 252 valence electrons. The van der Waals surface area contributed by atoms with Gasteiger partial charge in [-0.1, -0.05) is 25.1 Å². The van der Waals surface area contributed by atoms with E-state index in [4.69, 9.17) is 19.8 Å². The maximum atomic E-state index is 12.9. The Balaban J connectivity index is 1.29. The zero-order valence-corrected chi connectivity index (χ0v) is 27.1. The van der Waals surface area contributed by atoms with Gasteiger partial charge in [0.1, 0.15) is 24.5 Å². The Kier molecular flexibility index (Phi) is 11.1. The highest BCUT2D eigenvalue weighted by Gasteiger charge is 2.27. The number of halogens is 2. The number of aromatic nitrogens is 1. The largest absolute Gasteiger partial charge is 0.478 e. The van der Waals surface area contributed by atoms with Gasteiger partial charge < -0.3 is 29.1 Å². The predicted octanol–water partition coefficient (Wildman–Crippen LogP) is 6.10. The van der Waals surface area contributed by atoms with Crippen LogP contribution in [0.5, 0.6) is 11.6 Å². The molecule has 0 bridgehead atoms. The number of hydrogen-bond donors (Lipinski definition) is 1. The number of nitriles is 1. The first kappa shape index (κ1) is 34.1. The minimum atomic E-state index is -3.04. The number of hydrazone groups is 1. The molecule has 1 N–H and O–H groups in total. The zero-order chi connectivity index (χ0) is 34.2. The Morgan fingerprint density at radius 1 is 1.23 bits per heavy atom. The average molecular weight is 661 g/mol. The molecule has 48 heavy (non-hydrogen) atoms. The lowest BCUT2D eigenvalue weighted by molar-refractivity contribution is -0.0508. The van der Waals surface area contributed by atoms with Crippen LogP contribution < -0.4 is 19.3 Å². The van der Waals surface area contributed by atoms with E-state index in [1.807, 2.05) is 35.9 Å². The molecular weight excluding hydrogens is 622 g/mol. The minimum Gasteiger partial charge on any atom is -0.478 e. The molecule has 11 nitrogen and oxygen atoms in total. The summed E-state index contributed by atoms with van der Waals surface area (Å²) in [6.45, 7) is 5.88. The Bertz CT molecular complexity index is 1720. The second kappa shape index (κ2) is 15.6. The number of carboxylic acid groups (broad SMARTS) is 1. The van der Waals surface area contributed by atoms with Gasteiger partial charge in [-0.2, -0.15) is 24.1 Å². The molecule has 0 spiro atoms. The average Bonchev–Trinajstić information content (AvgIpc) is 3.05. The van der Waals surface area contributed by atoms with E-state index in [1.54, 1.807) is 30.6 Å².